The van der Waals surface area contributed by atoms with Crippen LogP contribution in [-0.4, -0.2) is 23.9 Å². The summed E-state index contributed by atoms with van der Waals surface area (Å²) >= 11 is 5.84. The normalized spacial score (nSPS) is 10.5. The third-order valence-electron chi connectivity index (χ3n) is 3.75. The highest BCUT2D eigenvalue weighted by molar-refractivity contribution is 6.30. The zero-order chi connectivity index (χ0) is 17.8. The van der Waals surface area contributed by atoms with Gasteiger partial charge in [-0.05, 0) is 24.3 Å². The van der Waals surface area contributed by atoms with Crippen molar-refractivity contribution in [2.75, 3.05) is 7.05 Å². The van der Waals surface area contributed by atoms with Crippen molar-refractivity contribution in [1.82, 2.24) is 10.5 Å². The number of nitrogens with zero attached hydrogens (tertiary/aromatic N) is 1. The van der Waals surface area contributed by atoms with Gasteiger partial charge in [0.05, 0.1) is 6.42 Å². The van der Waals surface area contributed by atoms with Crippen LogP contribution < -0.4 is 5.32 Å². The van der Waals surface area contributed by atoms with Gasteiger partial charge >= 0.3 is 0 Å². The van der Waals surface area contributed by atoms with Crippen LogP contribution in [0.1, 0.15) is 26.5 Å². The van der Waals surface area contributed by atoms with Crippen molar-refractivity contribution in [3.8, 4) is 11.3 Å². The summed E-state index contributed by atoms with van der Waals surface area (Å²) in [5, 5.41) is 7.13. The van der Waals surface area contributed by atoms with Crippen molar-refractivity contribution in [2.45, 2.75) is 6.42 Å². The quantitative estimate of drug-likeness (QED) is 0.708. The molecule has 1 heterocycles. The molecular formula is C19H15ClN2O3. The Labute approximate surface area is 149 Å². The molecule has 0 atom stereocenters. The SMILES string of the molecule is CNC(=O)c1c(-c2ccccc2)noc1CC(=O)c1ccc(Cl)cc1. The summed E-state index contributed by atoms with van der Waals surface area (Å²) in [7, 11) is 1.52. The average molecular weight is 355 g/mol. The molecule has 0 bridgehead atoms. The number of amides is 1. The van der Waals surface area contributed by atoms with Gasteiger partial charge in [0.1, 0.15) is 11.3 Å². The van der Waals surface area contributed by atoms with E-state index in [-0.39, 0.29) is 29.4 Å². The second-order valence-corrected chi connectivity index (χ2v) is 5.82. The van der Waals surface area contributed by atoms with Crippen LogP contribution in [0.4, 0.5) is 0 Å². The first-order valence-corrected chi connectivity index (χ1v) is 8.02. The van der Waals surface area contributed by atoms with Gasteiger partial charge in [0.2, 0.25) is 0 Å². The lowest BCUT2D eigenvalue weighted by Gasteiger charge is -2.03. The summed E-state index contributed by atoms with van der Waals surface area (Å²) in [6.07, 6.45) is -0.0653. The highest BCUT2D eigenvalue weighted by Gasteiger charge is 2.25. The molecule has 3 rings (SSSR count). The van der Waals surface area contributed by atoms with Crippen molar-refractivity contribution in [3.05, 3.63) is 76.5 Å². The zero-order valence-electron chi connectivity index (χ0n) is 13.5. The van der Waals surface area contributed by atoms with Gasteiger partial charge in [-0.3, -0.25) is 9.59 Å². The Morgan fingerprint density at radius 1 is 1.08 bits per heavy atom. The van der Waals surface area contributed by atoms with Crippen LogP contribution in [-0.2, 0) is 6.42 Å². The number of ketones is 1. The number of aromatic nitrogens is 1. The second kappa shape index (κ2) is 7.32. The second-order valence-electron chi connectivity index (χ2n) is 5.38. The summed E-state index contributed by atoms with van der Waals surface area (Å²) in [6, 6.07) is 15.8. The number of hydrogen-bond acceptors (Lipinski definition) is 4. The summed E-state index contributed by atoms with van der Waals surface area (Å²) in [4.78, 5) is 24.8. The molecule has 6 heteroatoms. The molecule has 0 spiro atoms. The van der Waals surface area contributed by atoms with Gasteiger partial charge in [0.25, 0.3) is 5.91 Å². The molecule has 25 heavy (non-hydrogen) atoms. The van der Waals surface area contributed by atoms with Crippen molar-refractivity contribution >= 4 is 23.3 Å². The van der Waals surface area contributed by atoms with Crippen LogP contribution in [0.25, 0.3) is 11.3 Å². The van der Waals surface area contributed by atoms with Gasteiger partial charge in [-0.2, -0.15) is 0 Å². The largest absolute Gasteiger partial charge is 0.359 e. The average Bonchev–Trinajstić information content (AvgIpc) is 3.05. The van der Waals surface area contributed by atoms with Gasteiger partial charge in [-0.1, -0.05) is 47.1 Å². The molecule has 126 valence electrons. The van der Waals surface area contributed by atoms with E-state index in [9.17, 15) is 9.59 Å². The monoisotopic (exact) mass is 354 g/mol. The smallest absolute Gasteiger partial charge is 0.256 e. The number of carbonyl (C=O) groups excluding carboxylic acids is 2. The van der Waals surface area contributed by atoms with Crippen LogP contribution in [0.15, 0.2) is 59.1 Å². The van der Waals surface area contributed by atoms with E-state index in [1.807, 2.05) is 30.3 Å². The van der Waals surface area contributed by atoms with Crippen LogP contribution in [0.5, 0.6) is 0 Å². The number of benzene rings is 2. The lowest BCUT2D eigenvalue weighted by atomic mass is 10.0. The van der Waals surface area contributed by atoms with Crippen LogP contribution in [0.3, 0.4) is 0 Å². The maximum Gasteiger partial charge on any atom is 0.256 e. The topological polar surface area (TPSA) is 72.2 Å². The maximum atomic E-state index is 12.5. The van der Waals surface area contributed by atoms with Crippen molar-refractivity contribution < 1.29 is 14.1 Å². The predicted octanol–water partition coefficient (Wildman–Crippen LogP) is 3.78. The minimum atomic E-state index is -0.348. The molecule has 2 aromatic carbocycles. The van der Waals surface area contributed by atoms with E-state index in [4.69, 9.17) is 16.1 Å². The standard InChI is InChI=1S/C19H15ClN2O3/c1-21-19(24)17-16(11-15(23)12-7-9-14(20)10-8-12)25-22-18(17)13-5-3-2-4-6-13/h2-10H,11H2,1H3,(H,21,24). The number of halogens is 1. The molecule has 0 aliphatic carbocycles. The van der Waals surface area contributed by atoms with Gasteiger partial charge in [0.15, 0.2) is 11.5 Å². The molecule has 0 saturated heterocycles. The van der Waals surface area contributed by atoms with Crippen molar-refractivity contribution in [2.24, 2.45) is 0 Å². The molecule has 1 amide bonds. The van der Waals surface area contributed by atoms with Crippen LogP contribution in [0.2, 0.25) is 5.02 Å². The summed E-state index contributed by atoms with van der Waals surface area (Å²) in [6.45, 7) is 0. The Hall–Kier alpha value is -2.92. The fourth-order valence-electron chi connectivity index (χ4n) is 2.48. The van der Waals surface area contributed by atoms with E-state index >= 15 is 0 Å². The third kappa shape index (κ3) is 3.61. The number of Topliss-reactive ketones (excluding diaryl/α,β-unsaturated/α-hetero) is 1. The molecule has 0 saturated carbocycles. The number of hydrogen-bond donors (Lipinski definition) is 1. The van der Waals surface area contributed by atoms with Crippen LogP contribution in [0, 0.1) is 0 Å². The van der Waals surface area contributed by atoms with E-state index in [0.717, 1.165) is 5.56 Å². The highest BCUT2D eigenvalue weighted by Crippen LogP contribution is 2.26. The lowest BCUT2D eigenvalue weighted by Crippen LogP contribution is -2.20. The summed E-state index contributed by atoms with van der Waals surface area (Å²) in [5.74, 6) is -0.297. The number of carbonyl (C=O) groups is 2. The van der Waals surface area contributed by atoms with E-state index in [0.29, 0.717) is 16.3 Å². The fourth-order valence-corrected chi connectivity index (χ4v) is 2.61. The van der Waals surface area contributed by atoms with Gasteiger partial charge in [0, 0.05) is 23.2 Å². The minimum Gasteiger partial charge on any atom is -0.359 e. The Kier molecular flexibility index (Phi) is 4.95. The van der Waals surface area contributed by atoms with Gasteiger partial charge in [-0.25, -0.2) is 0 Å². The molecule has 5 nitrogen and oxygen atoms in total. The first-order chi connectivity index (χ1) is 12.1. The van der Waals surface area contributed by atoms with Gasteiger partial charge < -0.3 is 9.84 Å². The van der Waals surface area contributed by atoms with E-state index in [1.165, 1.54) is 7.05 Å². The molecule has 0 radical (unpaired) electrons. The molecule has 1 N–H and O–H groups in total. The molecule has 0 unspecified atom stereocenters. The Balaban J connectivity index is 1.96. The fraction of sp³-hybridized carbons (Fsp3) is 0.105. The predicted molar refractivity (Wildman–Crippen MR) is 94.8 cm³/mol. The summed E-state index contributed by atoms with van der Waals surface area (Å²) in [5.41, 5.74) is 1.93. The maximum absolute atomic E-state index is 12.5. The number of nitrogens with one attached hydrogen (secondary N) is 1. The van der Waals surface area contributed by atoms with Gasteiger partial charge in [-0.15, -0.1) is 0 Å². The molecule has 3 aromatic rings. The van der Waals surface area contributed by atoms with Crippen LogP contribution >= 0.6 is 11.6 Å². The minimum absolute atomic E-state index is 0.0653. The Morgan fingerprint density at radius 2 is 1.76 bits per heavy atom. The molecule has 0 aliphatic heterocycles. The molecular weight excluding hydrogens is 340 g/mol. The Morgan fingerprint density at radius 3 is 2.40 bits per heavy atom. The van der Waals surface area contributed by atoms with Crippen molar-refractivity contribution in [3.63, 3.8) is 0 Å². The first-order valence-electron chi connectivity index (χ1n) is 7.65. The van der Waals surface area contributed by atoms with E-state index < -0.39 is 0 Å². The van der Waals surface area contributed by atoms with E-state index in [1.54, 1.807) is 24.3 Å². The summed E-state index contributed by atoms with van der Waals surface area (Å²) < 4.78 is 5.33. The highest BCUT2D eigenvalue weighted by atomic mass is 35.5. The molecule has 0 aliphatic rings. The Bertz CT molecular complexity index is 902. The lowest BCUT2D eigenvalue weighted by molar-refractivity contribution is 0.0960. The third-order valence-corrected chi connectivity index (χ3v) is 4.00. The zero-order valence-corrected chi connectivity index (χ0v) is 14.2. The first kappa shape index (κ1) is 16.9. The number of rotatable bonds is 5. The van der Waals surface area contributed by atoms with Crippen molar-refractivity contribution in [1.29, 1.82) is 0 Å². The van der Waals surface area contributed by atoms with E-state index in [2.05, 4.69) is 10.5 Å². The molecule has 1 aromatic heterocycles. The molecule has 0 fully saturated rings.